The lowest BCUT2D eigenvalue weighted by Crippen LogP contribution is -2.51. The van der Waals surface area contributed by atoms with E-state index in [1.807, 2.05) is 35.2 Å². The van der Waals surface area contributed by atoms with E-state index in [1.165, 1.54) is 6.07 Å². The lowest BCUT2D eigenvalue weighted by atomic mass is 9.94. The second-order valence-electron chi connectivity index (χ2n) is 8.06. The first-order valence-electron chi connectivity index (χ1n) is 10.6. The summed E-state index contributed by atoms with van der Waals surface area (Å²) >= 11 is 0. The van der Waals surface area contributed by atoms with Gasteiger partial charge in [0.2, 0.25) is 5.91 Å². The number of nitro groups is 1. The van der Waals surface area contributed by atoms with Crippen molar-refractivity contribution in [3.63, 3.8) is 0 Å². The number of hydrogen-bond donors (Lipinski definition) is 0. The molecule has 2 aliphatic heterocycles. The van der Waals surface area contributed by atoms with E-state index in [1.54, 1.807) is 12.1 Å². The lowest BCUT2D eigenvalue weighted by molar-refractivity contribution is -0.384. The number of non-ortho nitro benzene ring substituents is 1. The zero-order valence-corrected chi connectivity index (χ0v) is 17.4. The minimum absolute atomic E-state index is 0.0369. The van der Waals surface area contributed by atoms with Crippen LogP contribution in [0, 0.1) is 16.0 Å². The van der Waals surface area contributed by atoms with E-state index in [0.717, 1.165) is 43.6 Å². The molecule has 0 saturated carbocycles. The topological polar surface area (TPSA) is 87.0 Å². The fourth-order valence-corrected chi connectivity index (χ4v) is 4.39. The lowest BCUT2D eigenvalue weighted by Gasteiger charge is -2.39. The van der Waals surface area contributed by atoms with Crippen LogP contribution in [0.25, 0.3) is 0 Å². The molecule has 0 aromatic heterocycles. The van der Waals surface area contributed by atoms with Gasteiger partial charge >= 0.3 is 0 Å². The first kappa shape index (κ1) is 20.8. The molecule has 0 aliphatic carbocycles. The highest BCUT2D eigenvalue weighted by Crippen LogP contribution is 2.26. The molecule has 0 radical (unpaired) electrons. The second kappa shape index (κ2) is 9.16. The van der Waals surface area contributed by atoms with Gasteiger partial charge in [0.05, 0.1) is 4.92 Å². The van der Waals surface area contributed by atoms with Gasteiger partial charge in [-0.25, -0.2) is 0 Å². The number of piperazine rings is 1. The van der Waals surface area contributed by atoms with Crippen molar-refractivity contribution in [3.8, 4) is 0 Å². The number of hydrogen-bond acceptors (Lipinski definition) is 6. The zero-order valence-electron chi connectivity index (χ0n) is 17.4. The maximum atomic E-state index is 13.0. The summed E-state index contributed by atoms with van der Waals surface area (Å²) in [5, 5.41) is 11.0. The number of benzene rings is 2. The average Bonchev–Trinajstić information content (AvgIpc) is 2.84. The predicted octanol–water partition coefficient (Wildman–Crippen LogP) is 2.97. The fourth-order valence-electron chi connectivity index (χ4n) is 4.39. The first-order valence-corrected chi connectivity index (χ1v) is 10.6. The van der Waals surface area contributed by atoms with Crippen molar-refractivity contribution < 1.29 is 14.5 Å². The van der Waals surface area contributed by atoms with Gasteiger partial charge in [-0.15, -0.1) is 0 Å². The van der Waals surface area contributed by atoms with E-state index >= 15 is 0 Å². The summed E-state index contributed by atoms with van der Waals surface area (Å²) in [6.07, 6.45) is 2.48. The minimum Gasteiger partial charge on any atom is -0.371 e. The van der Waals surface area contributed by atoms with E-state index in [-0.39, 0.29) is 22.4 Å². The molecule has 0 atom stereocenters. The SMILES string of the molecule is O=Cc1ccc(N2CCC(C(=O)N3CCN(c4cccc([N+](=O)[O-])c4)CC3)CC2)cc1. The molecule has 0 spiro atoms. The molecule has 1 amide bonds. The molecule has 8 nitrogen and oxygen atoms in total. The normalized spacial score (nSPS) is 17.5. The highest BCUT2D eigenvalue weighted by atomic mass is 16.6. The second-order valence-corrected chi connectivity index (χ2v) is 8.06. The Kier molecular flexibility index (Phi) is 6.16. The third-order valence-electron chi connectivity index (χ3n) is 6.24. The van der Waals surface area contributed by atoms with E-state index in [2.05, 4.69) is 9.80 Å². The average molecular weight is 422 g/mol. The van der Waals surface area contributed by atoms with Crippen LogP contribution in [0.15, 0.2) is 48.5 Å². The van der Waals surface area contributed by atoms with Crippen LogP contribution in [-0.2, 0) is 4.79 Å². The van der Waals surface area contributed by atoms with E-state index in [9.17, 15) is 19.7 Å². The number of aldehydes is 1. The Balaban J connectivity index is 1.29. The molecule has 2 aromatic carbocycles. The highest BCUT2D eigenvalue weighted by Gasteiger charge is 2.30. The van der Waals surface area contributed by atoms with Crippen LogP contribution in [0.4, 0.5) is 17.1 Å². The van der Waals surface area contributed by atoms with Crippen molar-refractivity contribution in [2.24, 2.45) is 5.92 Å². The molecule has 0 N–H and O–H groups in total. The third kappa shape index (κ3) is 4.68. The molecule has 2 saturated heterocycles. The number of piperidine rings is 1. The third-order valence-corrected chi connectivity index (χ3v) is 6.24. The maximum Gasteiger partial charge on any atom is 0.271 e. The number of nitro benzene ring substituents is 1. The summed E-state index contributed by atoms with van der Waals surface area (Å²) in [6.45, 7) is 4.27. The van der Waals surface area contributed by atoms with Gasteiger partial charge in [-0.1, -0.05) is 6.07 Å². The van der Waals surface area contributed by atoms with Gasteiger partial charge in [0.25, 0.3) is 5.69 Å². The standard InChI is InChI=1S/C23H26N4O4/c28-17-18-4-6-20(7-5-18)24-10-8-19(9-11-24)23(29)26-14-12-25(13-15-26)21-2-1-3-22(16-21)27(30)31/h1-7,16-17,19H,8-15H2. The molecular weight excluding hydrogens is 396 g/mol. The number of nitrogens with zero attached hydrogens (tertiary/aromatic N) is 4. The van der Waals surface area contributed by atoms with Gasteiger partial charge in [-0.2, -0.15) is 0 Å². The number of anilines is 2. The summed E-state index contributed by atoms with van der Waals surface area (Å²) in [5.41, 5.74) is 2.67. The monoisotopic (exact) mass is 422 g/mol. The van der Waals surface area contributed by atoms with Crippen LogP contribution < -0.4 is 9.80 Å². The van der Waals surface area contributed by atoms with Crippen molar-refractivity contribution >= 4 is 29.3 Å². The number of carbonyl (C=O) groups excluding carboxylic acids is 2. The van der Waals surface area contributed by atoms with Crippen LogP contribution in [0.3, 0.4) is 0 Å². The van der Waals surface area contributed by atoms with E-state index < -0.39 is 0 Å². The van der Waals surface area contributed by atoms with Crippen LogP contribution >= 0.6 is 0 Å². The summed E-state index contributed by atoms with van der Waals surface area (Å²) < 4.78 is 0. The summed E-state index contributed by atoms with van der Waals surface area (Å²) in [5.74, 6) is 0.254. The maximum absolute atomic E-state index is 13.0. The molecular formula is C23H26N4O4. The zero-order chi connectivity index (χ0) is 21.8. The van der Waals surface area contributed by atoms with Crippen molar-refractivity contribution in [1.29, 1.82) is 0 Å². The Labute approximate surface area is 181 Å². The molecule has 2 heterocycles. The van der Waals surface area contributed by atoms with Crippen molar-refractivity contribution in [2.45, 2.75) is 12.8 Å². The van der Waals surface area contributed by atoms with Crippen molar-refractivity contribution in [2.75, 3.05) is 49.1 Å². The number of rotatable bonds is 5. The Morgan fingerprint density at radius 3 is 2.16 bits per heavy atom. The van der Waals surface area contributed by atoms with Gasteiger partial charge < -0.3 is 14.7 Å². The first-order chi connectivity index (χ1) is 15.0. The van der Waals surface area contributed by atoms with E-state index in [4.69, 9.17) is 0 Å². The molecule has 31 heavy (non-hydrogen) atoms. The molecule has 162 valence electrons. The molecule has 2 fully saturated rings. The Morgan fingerprint density at radius 1 is 0.903 bits per heavy atom. The summed E-state index contributed by atoms with van der Waals surface area (Å²) in [4.78, 5) is 40.8. The molecule has 0 unspecified atom stereocenters. The van der Waals surface area contributed by atoms with Gasteiger partial charge in [-0.3, -0.25) is 19.7 Å². The molecule has 8 heteroatoms. The van der Waals surface area contributed by atoms with Gasteiger partial charge in [0, 0.05) is 74.3 Å². The van der Waals surface area contributed by atoms with Crippen LogP contribution in [-0.4, -0.2) is 61.3 Å². The minimum atomic E-state index is -0.383. The van der Waals surface area contributed by atoms with Crippen molar-refractivity contribution in [3.05, 3.63) is 64.2 Å². The number of carbonyl (C=O) groups is 2. The summed E-state index contributed by atoms with van der Waals surface area (Å²) in [6, 6.07) is 14.2. The largest absolute Gasteiger partial charge is 0.371 e. The molecule has 2 aliphatic rings. The molecule has 2 aromatic rings. The van der Waals surface area contributed by atoms with Crippen LogP contribution in [0.1, 0.15) is 23.2 Å². The van der Waals surface area contributed by atoms with E-state index in [0.29, 0.717) is 31.7 Å². The Bertz CT molecular complexity index is 946. The Morgan fingerprint density at radius 2 is 1.55 bits per heavy atom. The van der Waals surface area contributed by atoms with Crippen LogP contribution in [0.2, 0.25) is 0 Å². The number of amides is 1. The highest BCUT2D eigenvalue weighted by molar-refractivity contribution is 5.80. The molecule has 0 bridgehead atoms. The predicted molar refractivity (Wildman–Crippen MR) is 119 cm³/mol. The molecule has 4 rings (SSSR count). The summed E-state index contributed by atoms with van der Waals surface area (Å²) in [7, 11) is 0. The van der Waals surface area contributed by atoms with Crippen LogP contribution in [0.5, 0.6) is 0 Å². The van der Waals surface area contributed by atoms with Gasteiger partial charge in [-0.05, 0) is 43.2 Å². The fraction of sp³-hybridized carbons (Fsp3) is 0.391. The van der Waals surface area contributed by atoms with Crippen molar-refractivity contribution in [1.82, 2.24) is 4.90 Å². The Hall–Kier alpha value is -3.42. The van der Waals surface area contributed by atoms with Gasteiger partial charge in [0.15, 0.2) is 0 Å². The quantitative estimate of drug-likeness (QED) is 0.418. The smallest absolute Gasteiger partial charge is 0.271 e. The van der Waals surface area contributed by atoms with Gasteiger partial charge in [0.1, 0.15) is 6.29 Å².